The first-order chi connectivity index (χ1) is 8.41. The van der Waals surface area contributed by atoms with Crippen molar-refractivity contribution in [2.45, 2.75) is 30.7 Å². The Balaban J connectivity index is 2.87. The van der Waals surface area contributed by atoms with Crippen LogP contribution in [0.2, 0.25) is 0 Å². The Labute approximate surface area is 110 Å². The van der Waals surface area contributed by atoms with E-state index in [9.17, 15) is 8.42 Å². The molecule has 0 aliphatic carbocycles. The number of hydrogen-bond donors (Lipinski definition) is 1. The number of sulfonamides is 1. The summed E-state index contributed by atoms with van der Waals surface area (Å²) >= 11 is 0. The van der Waals surface area contributed by atoms with E-state index in [0.29, 0.717) is 10.9 Å². The number of benzene rings is 1. The van der Waals surface area contributed by atoms with Gasteiger partial charge < -0.3 is 5.32 Å². The van der Waals surface area contributed by atoms with Gasteiger partial charge in [0.1, 0.15) is 0 Å². The monoisotopic (exact) mass is 270 g/mol. The van der Waals surface area contributed by atoms with Crippen molar-refractivity contribution < 1.29 is 8.42 Å². The molecular weight excluding hydrogens is 248 g/mol. The molecule has 5 heteroatoms. The summed E-state index contributed by atoms with van der Waals surface area (Å²) in [5, 5.41) is 3.24. The largest absolute Gasteiger partial charge is 0.317 e. The van der Waals surface area contributed by atoms with Crippen LogP contribution in [0.25, 0.3) is 0 Å². The van der Waals surface area contributed by atoms with Crippen LogP contribution in [0.15, 0.2) is 29.2 Å². The molecule has 0 saturated carbocycles. The summed E-state index contributed by atoms with van der Waals surface area (Å²) in [5.74, 6) is 0. The van der Waals surface area contributed by atoms with Crippen molar-refractivity contribution in [2.75, 3.05) is 21.1 Å². The average Bonchev–Trinajstić information content (AvgIpc) is 2.36. The highest BCUT2D eigenvalue weighted by molar-refractivity contribution is 7.89. The SMILES string of the molecule is CCC(Cc1ccc(S(=O)(=O)N(C)C)cc1)NC. The molecule has 0 spiro atoms. The molecule has 102 valence electrons. The van der Waals surface area contributed by atoms with E-state index < -0.39 is 10.0 Å². The molecule has 0 radical (unpaired) electrons. The lowest BCUT2D eigenvalue weighted by Crippen LogP contribution is -2.26. The zero-order valence-corrected chi connectivity index (χ0v) is 12.3. The smallest absolute Gasteiger partial charge is 0.242 e. The van der Waals surface area contributed by atoms with Crippen LogP contribution in [-0.2, 0) is 16.4 Å². The summed E-state index contributed by atoms with van der Waals surface area (Å²) in [6.07, 6.45) is 1.96. The zero-order valence-electron chi connectivity index (χ0n) is 11.5. The van der Waals surface area contributed by atoms with Crippen molar-refractivity contribution in [3.63, 3.8) is 0 Å². The predicted octanol–water partition coefficient (Wildman–Crippen LogP) is 1.48. The second-order valence-electron chi connectivity index (χ2n) is 4.53. The number of nitrogens with one attached hydrogen (secondary N) is 1. The van der Waals surface area contributed by atoms with Crippen LogP contribution in [0, 0.1) is 0 Å². The minimum absolute atomic E-state index is 0.341. The summed E-state index contributed by atoms with van der Waals surface area (Å²) in [6, 6.07) is 7.55. The van der Waals surface area contributed by atoms with Gasteiger partial charge in [0.15, 0.2) is 0 Å². The normalized spacial score (nSPS) is 13.8. The third kappa shape index (κ3) is 3.54. The topological polar surface area (TPSA) is 49.4 Å². The average molecular weight is 270 g/mol. The van der Waals surface area contributed by atoms with Crippen LogP contribution in [0.1, 0.15) is 18.9 Å². The van der Waals surface area contributed by atoms with Crippen LogP contribution in [0.5, 0.6) is 0 Å². The van der Waals surface area contributed by atoms with Gasteiger partial charge in [-0.15, -0.1) is 0 Å². The maximum Gasteiger partial charge on any atom is 0.242 e. The Kier molecular flexibility index (Phi) is 5.31. The fraction of sp³-hybridized carbons (Fsp3) is 0.538. The van der Waals surface area contributed by atoms with Gasteiger partial charge in [-0.05, 0) is 37.6 Å². The van der Waals surface area contributed by atoms with Gasteiger partial charge in [0.2, 0.25) is 10.0 Å². The fourth-order valence-electron chi connectivity index (χ4n) is 1.74. The molecule has 1 unspecified atom stereocenters. The quantitative estimate of drug-likeness (QED) is 0.852. The van der Waals surface area contributed by atoms with Gasteiger partial charge >= 0.3 is 0 Å². The first kappa shape index (κ1) is 15.1. The van der Waals surface area contributed by atoms with Crippen LogP contribution in [-0.4, -0.2) is 39.9 Å². The van der Waals surface area contributed by atoms with Gasteiger partial charge in [-0.1, -0.05) is 19.1 Å². The van der Waals surface area contributed by atoms with Gasteiger partial charge in [-0.2, -0.15) is 0 Å². The first-order valence-corrected chi connectivity index (χ1v) is 7.54. The molecule has 0 aliphatic heterocycles. The Bertz CT molecular complexity index is 462. The van der Waals surface area contributed by atoms with E-state index in [0.717, 1.165) is 18.4 Å². The number of nitrogens with zero attached hydrogens (tertiary/aromatic N) is 1. The highest BCUT2D eigenvalue weighted by atomic mass is 32.2. The molecule has 1 rings (SSSR count). The van der Waals surface area contributed by atoms with E-state index in [2.05, 4.69) is 12.2 Å². The molecule has 0 aliphatic rings. The standard InChI is InChI=1S/C13H22N2O2S/c1-5-12(14-2)10-11-6-8-13(9-7-11)18(16,17)15(3)4/h6-9,12,14H,5,10H2,1-4H3. The molecule has 0 amide bonds. The third-order valence-corrected chi connectivity index (χ3v) is 4.91. The van der Waals surface area contributed by atoms with Crippen molar-refractivity contribution in [1.82, 2.24) is 9.62 Å². The molecule has 18 heavy (non-hydrogen) atoms. The van der Waals surface area contributed by atoms with Gasteiger partial charge in [0.25, 0.3) is 0 Å². The lowest BCUT2D eigenvalue weighted by molar-refractivity contribution is 0.520. The maximum absolute atomic E-state index is 11.9. The van der Waals surface area contributed by atoms with Crippen LogP contribution in [0.4, 0.5) is 0 Å². The predicted molar refractivity (Wildman–Crippen MR) is 74.2 cm³/mol. The van der Waals surface area contributed by atoms with Crippen LogP contribution in [0.3, 0.4) is 0 Å². The molecule has 0 fully saturated rings. The van der Waals surface area contributed by atoms with Crippen LogP contribution < -0.4 is 5.32 Å². The van der Waals surface area contributed by atoms with Gasteiger partial charge in [0, 0.05) is 20.1 Å². The molecular formula is C13H22N2O2S. The van der Waals surface area contributed by atoms with E-state index in [4.69, 9.17) is 0 Å². The summed E-state index contributed by atoms with van der Waals surface area (Å²) in [4.78, 5) is 0.341. The van der Waals surface area contributed by atoms with Gasteiger partial charge in [0.05, 0.1) is 4.90 Å². The molecule has 1 atom stereocenters. The second kappa shape index (κ2) is 6.31. The lowest BCUT2D eigenvalue weighted by atomic mass is 10.0. The summed E-state index contributed by atoms with van der Waals surface area (Å²) < 4.78 is 25.0. The summed E-state index contributed by atoms with van der Waals surface area (Å²) in [6.45, 7) is 2.13. The number of hydrogen-bond acceptors (Lipinski definition) is 3. The lowest BCUT2D eigenvalue weighted by Gasteiger charge is -2.15. The van der Waals surface area contributed by atoms with Crippen molar-refractivity contribution in [2.24, 2.45) is 0 Å². The van der Waals surface area contributed by atoms with E-state index >= 15 is 0 Å². The second-order valence-corrected chi connectivity index (χ2v) is 6.68. The fourth-order valence-corrected chi connectivity index (χ4v) is 2.65. The van der Waals surface area contributed by atoms with Crippen LogP contribution >= 0.6 is 0 Å². The Morgan fingerprint density at radius 3 is 2.17 bits per heavy atom. The Morgan fingerprint density at radius 1 is 1.22 bits per heavy atom. The minimum Gasteiger partial charge on any atom is -0.317 e. The van der Waals surface area contributed by atoms with Crippen molar-refractivity contribution in [3.8, 4) is 0 Å². The molecule has 0 aromatic heterocycles. The number of likely N-dealkylation sites (N-methyl/N-ethyl adjacent to an activating group) is 1. The molecule has 4 nitrogen and oxygen atoms in total. The molecule has 1 aromatic rings. The van der Waals surface area contributed by atoms with Crippen molar-refractivity contribution in [1.29, 1.82) is 0 Å². The summed E-state index contributed by atoms with van der Waals surface area (Å²) in [7, 11) is 1.71. The van der Waals surface area contributed by atoms with Crippen molar-refractivity contribution >= 4 is 10.0 Å². The molecule has 0 heterocycles. The molecule has 0 bridgehead atoms. The minimum atomic E-state index is -3.32. The first-order valence-electron chi connectivity index (χ1n) is 6.10. The van der Waals surface area contributed by atoms with E-state index in [1.165, 1.54) is 18.4 Å². The molecule has 1 aromatic carbocycles. The third-order valence-electron chi connectivity index (χ3n) is 3.09. The Morgan fingerprint density at radius 2 is 1.78 bits per heavy atom. The van der Waals surface area contributed by atoms with Gasteiger partial charge in [-0.25, -0.2) is 12.7 Å². The highest BCUT2D eigenvalue weighted by Gasteiger charge is 2.16. The van der Waals surface area contributed by atoms with E-state index in [1.54, 1.807) is 12.1 Å². The zero-order chi connectivity index (χ0) is 13.8. The maximum atomic E-state index is 11.9. The molecule has 0 saturated heterocycles. The number of rotatable bonds is 6. The molecule has 1 N–H and O–H groups in total. The van der Waals surface area contributed by atoms with E-state index in [1.807, 2.05) is 19.2 Å². The van der Waals surface area contributed by atoms with Gasteiger partial charge in [-0.3, -0.25) is 0 Å². The highest BCUT2D eigenvalue weighted by Crippen LogP contribution is 2.15. The van der Waals surface area contributed by atoms with Crippen molar-refractivity contribution in [3.05, 3.63) is 29.8 Å². The Hall–Kier alpha value is -0.910. The van der Waals surface area contributed by atoms with E-state index in [-0.39, 0.29) is 0 Å². The summed E-state index contributed by atoms with van der Waals surface area (Å²) in [5.41, 5.74) is 1.15.